The fourth-order valence-corrected chi connectivity index (χ4v) is 4.81. The first-order valence-electron chi connectivity index (χ1n) is 14.8. The van der Waals surface area contributed by atoms with Gasteiger partial charge in [-0.1, -0.05) is 103 Å². The Bertz CT molecular complexity index is 563. The molecule has 0 unspecified atom stereocenters. The minimum Gasteiger partial charge on any atom is -0.872 e. The first-order valence-corrected chi connectivity index (χ1v) is 14.8. The molecule has 0 atom stereocenters. The molecular weight excluding hydrogens is 434 g/mol. The van der Waals surface area contributed by atoms with Gasteiger partial charge in [0, 0.05) is 0 Å². The van der Waals surface area contributed by atoms with Crippen LogP contribution in [0.25, 0.3) is 0 Å². The van der Waals surface area contributed by atoms with Crippen molar-refractivity contribution in [1.82, 2.24) is 0 Å². The zero-order chi connectivity index (χ0) is 26.2. The SMILES string of the molecule is CCCCCC[N+](CCCCCC)(CCCCCC)CCCCCC.O=C(O)c1ccccc1[O-]. The molecule has 1 rings (SSSR count). The summed E-state index contributed by atoms with van der Waals surface area (Å²) in [4.78, 5) is 10.2. The van der Waals surface area contributed by atoms with E-state index in [0.717, 1.165) is 0 Å². The molecule has 0 amide bonds. The zero-order valence-corrected chi connectivity index (χ0v) is 23.7. The van der Waals surface area contributed by atoms with Gasteiger partial charge in [0.15, 0.2) is 0 Å². The summed E-state index contributed by atoms with van der Waals surface area (Å²) in [5.41, 5.74) is -0.178. The van der Waals surface area contributed by atoms with Gasteiger partial charge in [0.05, 0.1) is 31.7 Å². The largest absolute Gasteiger partial charge is 0.872 e. The number of aromatic carboxylic acids is 1. The number of quaternary nitrogens is 1. The van der Waals surface area contributed by atoms with Gasteiger partial charge in [-0.05, 0) is 57.4 Å². The van der Waals surface area contributed by atoms with Crippen molar-refractivity contribution in [3.63, 3.8) is 0 Å². The summed E-state index contributed by atoms with van der Waals surface area (Å²) in [6.07, 6.45) is 22.8. The number of carboxylic acid groups (broad SMARTS) is 1. The van der Waals surface area contributed by atoms with E-state index in [2.05, 4.69) is 27.7 Å². The molecule has 0 aliphatic rings. The average Bonchev–Trinajstić information content (AvgIpc) is 2.85. The van der Waals surface area contributed by atoms with E-state index in [-0.39, 0.29) is 5.56 Å². The summed E-state index contributed by atoms with van der Waals surface area (Å²) in [6, 6.07) is 5.54. The Morgan fingerprint density at radius 2 is 0.971 bits per heavy atom. The molecule has 1 aromatic rings. The first-order chi connectivity index (χ1) is 17.0. The van der Waals surface area contributed by atoms with Crippen molar-refractivity contribution in [2.24, 2.45) is 0 Å². The Morgan fingerprint density at radius 3 is 1.23 bits per heavy atom. The molecule has 0 saturated carbocycles. The molecule has 0 saturated heterocycles. The fourth-order valence-electron chi connectivity index (χ4n) is 4.81. The summed E-state index contributed by atoms with van der Waals surface area (Å²) in [5, 5.41) is 19.0. The quantitative estimate of drug-likeness (QED) is 0.138. The molecule has 0 heterocycles. The minimum atomic E-state index is -1.18. The number of nitrogens with zero attached hydrogens (tertiary/aromatic N) is 1. The monoisotopic (exact) mass is 491 g/mol. The second-order valence-corrected chi connectivity index (χ2v) is 10.3. The highest BCUT2D eigenvalue weighted by Crippen LogP contribution is 2.19. The lowest BCUT2D eigenvalue weighted by Gasteiger charge is -2.39. The Morgan fingerprint density at radius 1 is 0.629 bits per heavy atom. The van der Waals surface area contributed by atoms with E-state index in [0.29, 0.717) is 0 Å². The third-order valence-electron chi connectivity index (χ3n) is 7.06. The second-order valence-electron chi connectivity index (χ2n) is 10.3. The summed E-state index contributed by atoms with van der Waals surface area (Å²) < 4.78 is 1.46. The molecule has 35 heavy (non-hydrogen) atoms. The highest BCUT2D eigenvalue weighted by atomic mass is 16.4. The number of hydrogen-bond acceptors (Lipinski definition) is 2. The number of benzene rings is 1. The number of para-hydroxylation sites is 1. The molecule has 0 aromatic heterocycles. The fraction of sp³-hybridized carbons (Fsp3) is 0.774. The Labute approximate surface area is 217 Å². The number of rotatable bonds is 21. The Balaban J connectivity index is 0.000000952. The Kier molecular flexibility index (Phi) is 21.9. The van der Waals surface area contributed by atoms with E-state index in [9.17, 15) is 9.90 Å². The summed E-state index contributed by atoms with van der Waals surface area (Å²) in [7, 11) is 0. The smallest absolute Gasteiger partial charge is 0.335 e. The number of unbranched alkanes of at least 4 members (excludes halogenated alkanes) is 12. The minimum absolute atomic E-state index is 0.178. The van der Waals surface area contributed by atoms with Gasteiger partial charge in [-0.2, -0.15) is 0 Å². The van der Waals surface area contributed by atoms with Crippen molar-refractivity contribution in [3.05, 3.63) is 29.8 Å². The predicted octanol–water partition coefficient (Wildman–Crippen LogP) is 8.58. The molecule has 0 radical (unpaired) electrons. The molecule has 0 spiro atoms. The second kappa shape index (κ2) is 22.9. The van der Waals surface area contributed by atoms with Crippen LogP contribution in [-0.4, -0.2) is 41.7 Å². The van der Waals surface area contributed by atoms with Crippen molar-refractivity contribution in [1.29, 1.82) is 0 Å². The van der Waals surface area contributed by atoms with Crippen LogP contribution in [0.3, 0.4) is 0 Å². The first kappa shape index (κ1) is 33.4. The van der Waals surface area contributed by atoms with Gasteiger partial charge in [0.1, 0.15) is 0 Å². The van der Waals surface area contributed by atoms with Crippen LogP contribution >= 0.6 is 0 Å². The summed E-state index contributed by atoms with van der Waals surface area (Å²) in [5.74, 6) is -1.62. The van der Waals surface area contributed by atoms with E-state index in [1.165, 1.54) is 158 Å². The van der Waals surface area contributed by atoms with Gasteiger partial charge < -0.3 is 14.7 Å². The van der Waals surface area contributed by atoms with Crippen molar-refractivity contribution in [3.8, 4) is 5.75 Å². The molecule has 0 aliphatic carbocycles. The van der Waals surface area contributed by atoms with E-state index >= 15 is 0 Å². The highest BCUT2D eigenvalue weighted by Gasteiger charge is 2.25. The number of hydrogen-bond donors (Lipinski definition) is 1. The molecule has 204 valence electrons. The van der Waals surface area contributed by atoms with E-state index in [1.54, 1.807) is 0 Å². The van der Waals surface area contributed by atoms with Crippen molar-refractivity contribution >= 4 is 5.97 Å². The molecule has 1 N–H and O–H groups in total. The lowest BCUT2D eigenvalue weighted by atomic mass is 10.1. The van der Waals surface area contributed by atoms with Crippen LogP contribution in [0.4, 0.5) is 0 Å². The molecule has 1 aromatic carbocycles. The Hall–Kier alpha value is -1.55. The van der Waals surface area contributed by atoms with Crippen LogP contribution in [0, 0.1) is 0 Å². The van der Waals surface area contributed by atoms with Crippen LogP contribution in [-0.2, 0) is 0 Å². The van der Waals surface area contributed by atoms with Gasteiger partial charge >= 0.3 is 5.97 Å². The summed E-state index contributed by atoms with van der Waals surface area (Å²) in [6.45, 7) is 15.2. The van der Waals surface area contributed by atoms with Crippen LogP contribution in [0.1, 0.15) is 141 Å². The third-order valence-corrected chi connectivity index (χ3v) is 7.06. The maximum atomic E-state index is 10.7. The van der Waals surface area contributed by atoms with E-state index < -0.39 is 11.7 Å². The van der Waals surface area contributed by atoms with E-state index in [4.69, 9.17) is 5.11 Å². The maximum absolute atomic E-state index is 10.7. The van der Waals surface area contributed by atoms with Gasteiger partial charge in [-0.15, -0.1) is 0 Å². The van der Waals surface area contributed by atoms with E-state index in [1.807, 2.05) is 0 Å². The van der Waals surface area contributed by atoms with Crippen molar-refractivity contribution in [2.75, 3.05) is 26.2 Å². The molecule has 0 bridgehead atoms. The maximum Gasteiger partial charge on any atom is 0.335 e. The summed E-state index contributed by atoms with van der Waals surface area (Å²) >= 11 is 0. The number of carboxylic acids is 1. The zero-order valence-electron chi connectivity index (χ0n) is 23.7. The van der Waals surface area contributed by atoms with Crippen LogP contribution in [0.2, 0.25) is 0 Å². The molecular formula is C31H57NO3. The molecule has 4 heteroatoms. The lowest BCUT2D eigenvalue weighted by molar-refractivity contribution is -0.929. The van der Waals surface area contributed by atoms with Gasteiger partial charge in [-0.3, -0.25) is 0 Å². The van der Waals surface area contributed by atoms with Crippen molar-refractivity contribution in [2.45, 2.75) is 130 Å². The topological polar surface area (TPSA) is 60.4 Å². The lowest BCUT2D eigenvalue weighted by Crippen LogP contribution is -2.50. The molecule has 0 fully saturated rings. The van der Waals surface area contributed by atoms with Crippen molar-refractivity contribution < 1.29 is 19.5 Å². The molecule has 4 nitrogen and oxygen atoms in total. The molecule has 0 aliphatic heterocycles. The third kappa shape index (κ3) is 17.5. The normalized spacial score (nSPS) is 11.2. The van der Waals surface area contributed by atoms with Crippen LogP contribution in [0.15, 0.2) is 24.3 Å². The van der Waals surface area contributed by atoms with Crippen LogP contribution < -0.4 is 5.11 Å². The van der Waals surface area contributed by atoms with Gasteiger partial charge in [0.2, 0.25) is 0 Å². The average molecular weight is 492 g/mol. The highest BCUT2D eigenvalue weighted by molar-refractivity contribution is 5.90. The van der Waals surface area contributed by atoms with Gasteiger partial charge in [0.25, 0.3) is 0 Å². The predicted molar refractivity (Wildman–Crippen MR) is 149 cm³/mol. The van der Waals surface area contributed by atoms with Crippen LogP contribution in [0.5, 0.6) is 5.75 Å². The number of carbonyl (C=O) groups is 1. The van der Waals surface area contributed by atoms with Gasteiger partial charge in [-0.25, -0.2) is 4.79 Å². The standard InChI is InChI=1S/C24H52N.C7H6O3/c1-5-9-13-17-21-25(22-18-14-10-6-2,23-19-15-11-7-3)24-20-16-12-8-4;8-6-4-2-1-3-5(6)7(9)10/h5-24H2,1-4H3;1-4,8H,(H,9,10)/q+1;/p-1.